The van der Waals surface area contributed by atoms with E-state index >= 15 is 0 Å². The lowest BCUT2D eigenvalue weighted by molar-refractivity contribution is 0.216. The lowest BCUT2D eigenvalue weighted by Gasteiger charge is -2.20. The second-order valence-electron chi connectivity index (χ2n) is 12.4. The normalized spacial score (nSPS) is 14.4. The van der Waals surface area contributed by atoms with Crippen molar-refractivity contribution in [3.8, 4) is 17.2 Å². The highest BCUT2D eigenvalue weighted by Gasteiger charge is 2.27. The maximum atomic E-state index is 13.4. The number of rotatable bonds is 10. The Morgan fingerprint density at radius 2 is 1.75 bits per heavy atom. The minimum Gasteiger partial charge on any atom is -0.457 e. The standard InChI is InChI=1S/C37H42N8O3/c1-5-6-9-26-22-35(45(42-26)27-14-12-25(2)13-15-27)41-36(46)39-32-16-17-33(31-11-8-7-10-30(31)32)48-29-18-20-38-34(23-29)40-37(47)44-21-19-28(24-44)43(3)4/h7-8,10-18,20,22-23,28H,5-6,9,19,21,24H2,1-4H3,(H,38,40,47)(H2,39,41,46)/t28-/m1/s1. The van der Waals surface area contributed by atoms with Crippen LogP contribution < -0.4 is 20.7 Å². The van der Waals surface area contributed by atoms with Crippen LogP contribution in [0.4, 0.5) is 26.9 Å². The molecule has 6 rings (SSSR count). The molecule has 0 radical (unpaired) electrons. The number of amides is 4. The molecule has 248 valence electrons. The summed E-state index contributed by atoms with van der Waals surface area (Å²) in [5.74, 6) is 2.13. The SMILES string of the molecule is CCCCc1cc(NC(=O)Nc2ccc(Oc3ccnc(NC(=O)N4CC[C@@H](N(C)C)C4)c3)c3ccccc23)n(-c2ccc(C)cc2)n1. The number of unbranched alkanes of at least 4 members (excludes halogenated alkanes) is 1. The fourth-order valence-electron chi connectivity index (χ4n) is 5.83. The summed E-state index contributed by atoms with van der Waals surface area (Å²) in [6.07, 6.45) is 5.45. The van der Waals surface area contributed by atoms with Gasteiger partial charge in [-0.05, 0) is 70.6 Å². The number of nitrogens with zero attached hydrogens (tertiary/aromatic N) is 5. The lowest BCUT2D eigenvalue weighted by atomic mass is 10.1. The number of likely N-dealkylation sites (tertiary alicyclic amines) is 1. The Kier molecular flexibility index (Phi) is 9.86. The summed E-state index contributed by atoms with van der Waals surface area (Å²) < 4.78 is 8.07. The fraction of sp³-hybridized carbons (Fsp3) is 0.297. The number of benzene rings is 3. The predicted molar refractivity (Wildman–Crippen MR) is 190 cm³/mol. The Morgan fingerprint density at radius 3 is 2.50 bits per heavy atom. The van der Waals surface area contributed by atoms with Gasteiger partial charge in [0, 0.05) is 48.2 Å². The molecule has 3 heterocycles. The molecule has 0 aliphatic carbocycles. The second-order valence-corrected chi connectivity index (χ2v) is 12.4. The third-order valence-electron chi connectivity index (χ3n) is 8.57. The first-order valence-electron chi connectivity index (χ1n) is 16.4. The van der Waals surface area contributed by atoms with Crippen molar-refractivity contribution >= 4 is 40.2 Å². The number of fused-ring (bicyclic) bond motifs is 1. The van der Waals surface area contributed by atoms with Gasteiger partial charge in [0.25, 0.3) is 0 Å². The van der Waals surface area contributed by atoms with Gasteiger partial charge in [-0.2, -0.15) is 5.10 Å². The van der Waals surface area contributed by atoms with E-state index in [1.165, 1.54) is 0 Å². The van der Waals surface area contributed by atoms with Gasteiger partial charge in [-0.3, -0.25) is 10.6 Å². The highest BCUT2D eigenvalue weighted by molar-refractivity contribution is 6.07. The molecule has 0 spiro atoms. The van der Waals surface area contributed by atoms with Crippen molar-refractivity contribution in [1.29, 1.82) is 0 Å². The van der Waals surface area contributed by atoms with Gasteiger partial charge in [0.2, 0.25) is 0 Å². The topological polar surface area (TPSA) is 117 Å². The molecule has 11 heteroatoms. The van der Waals surface area contributed by atoms with Gasteiger partial charge in [-0.1, -0.05) is 55.3 Å². The zero-order valence-corrected chi connectivity index (χ0v) is 27.9. The number of hydrogen-bond acceptors (Lipinski definition) is 6. The van der Waals surface area contributed by atoms with Crippen LogP contribution in [-0.4, -0.2) is 69.9 Å². The van der Waals surface area contributed by atoms with Crippen LogP contribution in [0.15, 0.2) is 85.1 Å². The molecule has 0 saturated carbocycles. The first-order valence-corrected chi connectivity index (χ1v) is 16.4. The lowest BCUT2D eigenvalue weighted by Crippen LogP contribution is -2.36. The Hall–Kier alpha value is -5.42. The quantitative estimate of drug-likeness (QED) is 0.143. The molecule has 1 atom stereocenters. The van der Waals surface area contributed by atoms with Crippen LogP contribution in [0.1, 0.15) is 37.4 Å². The van der Waals surface area contributed by atoms with Crippen LogP contribution in [0.3, 0.4) is 0 Å². The van der Waals surface area contributed by atoms with Crippen LogP contribution in [-0.2, 0) is 6.42 Å². The molecule has 0 bridgehead atoms. The van der Waals surface area contributed by atoms with Crippen LogP contribution >= 0.6 is 0 Å². The first kappa shape index (κ1) is 32.5. The van der Waals surface area contributed by atoms with Crippen LogP contribution in [0.25, 0.3) is 16.5 Å². The molecule has 5 aromatic rings. The summed E-state index contributed by atoms with van der Waals surface area (Å²) in [6.45, 7) is 5.56. The average molecular weight is 647 g/mol. The van der Waals surface area contributed by atoms with Gasteiger partial charge >= 0.3 is 12.1 Å². The smallest absolute Gasteiger partial charge is 0.324 e. The van der Waals surface area contributed by atoms with E-state index in [0.29, 0.717) is 48.0 Å². The number of aromatic nitrogens is 3. The van der Waals surface area contributed by atoms with Crippen LogP contribution in [0, 0.1) is 6.92 Å². The van der Waals surface area contributed by atoms with Crippen molar-refractivity contribution in [1.82, 2.24) is 24.6 Å². The molecule has 3 aromatic carbocycles. The first-order chi connectivity index (χ1) is 23.3. The number of pyridine rings is 1. The number of anilines is 3. The largest absolute Gasteiger partial charge is 0.457 e. The van der Waals surface area contributed by atoms with E-state index in [9.17, 15) is 9.59 Å². The predicted octanol–water partition coefficient (Wildman–Crippen LogP) is 7.68. The van der Waals surface area contributed by atoms with E-state index in [1.807, 2.05) is 87.7 Å². The molecule has 0 unspecified atom stereocenters. The summed E-state index contributed by atoms with van der Waals surface area (Å²) in [4.78, 5) is 34.5. The summed E-state index contributed by atoms with van der Waals surface area (Å²) in [7, 11) is 4.06. The minimum absolute atomic E-state index is 0.178. The van der Waals surface area contributed by atoms with Crippen molar-refractivity contribution in [3.63, 3.8) is 0 Å². The molecule has 1 aliphatic rings. The Labute approximate surface area is 280 Å². The highest BCUT2D eigenvalue weighted by Crippen LogP contribution is 2.35. The monoisotopic (exact) mass is 646 g/mol. The molecule has 48 heavy (non-hydrogen) atoms. The zero-order chi connectivity index (χ0) is 33.6. The number of ether oxygens (including phenoxy) is 1. The maximum absolute atomic E-state index is 13.4. The Bertz CT molecular complexity index is 1900. The van der Waals surface area contributed by atoms with E-state index in [4.69, 9.17) is 9.84 Å². The summed E-state index contributed by atoms with van der Waals surface area (Å²) in [6, 6.07) is 24.6. The second kappa shape index (κ2) is 14.6. The number of nitrogens with one attached hydrogen (secondary N) is 3. The number of urea groups is 2. The number of carbonyl (C=O) groups excluding carboxylic acids is 2. The van der Waals surface area contributed by atoms with Gasteiger partial charge in [-0.15, -0.1) is 0 Å². The fourth-order valence-corrected chi connectivity index (χ4v) is 5.83. The van der Waals surface area contributed by atoms with Gasteiger partial charge in [0.1, 0.15) is 23.1 Å². The van der Waals surface area contributed by atoms with Crippen LogP contribution in [0.5, 0.6) is 11.5 Å². The number of hydrogen-bond donors (Lipinski definition) is 3. The maximum Gasteiger partial charge on any atom is 0.324 e. The molecule has 1 saturated heterocycles. The summed E-state index contributed by atoms with van der Waals surface area (Å²) in [5.41, 5.74) is 3.58. The summed E-state index contributed by atoms with van der Waals surface area (Å²) in [5, 5.41) is 15.3. The Morgan fingerprint density at radius 1 is 0.958 bits per heavy atom. The van der Waals surface area contributed by atoms with Crippen molar-refractivity contribution in [2.45, 2.75) is 45.6 Å². The van der Waals surface area contributed by atoms with Gasteiger partial charge in [-0.25, -0.2) is 19.3 Å². The van der Waals surface area contributed by atoms with Crippen molar-refractivity contribution in [2.24, 2.45) is 0 Å². The zero-order valence-electron chi connectivity index (χ0n) is 27.9. The van der Waals surface area contributed by atoms with E-state index in [0.717, 1.165) is 53.4 Å². The minimum atomic E-state index is -0.381. The Balaban J connectivity index is 1.17. The van der Waals surface area contributed by atoms with E-state index in [2.05, 4.69) is 32.8 Å². The van der Waals surface area contributed by atoms with Crippen molar-refractivity contribution in [2.75, 3.05) is 43.1 Å². The van der Waals surface area contributed by atoms with E-state index in [-0.39, 0.29) is 12.1 Å². The molecule has 1 fully saturated rings. The number of carbonyl (C=O) groups is 2. The van der Waals surface area contributed by atoms with Gasteiger partial charge in [0.15, 0.2) is 0 Å². The number of likely N-dealkylation sites (N-methyl/N-ethyl adjacent to an activating group) is 1. The van der Waals surface area contributed by atoms with Gasteiger partial charge in [0.05, 0.1) is 17.1 Å². The van der Waals surface area contributed by atoms with Gasteiger partial charge < -0.3 is 19.9 Å². The third kappa shape index (κ3) is 7.58. The average Bonchev–Trinajstić information content (AvgIpc) is 3.74. The van der Waals surface area contributed by atoms with Crippen molar-refractivity contribution in [3.05, 3.63) is 96.3 Å². The molecule has 2 aromatic heterocycles. The molecule has 4 amide bonds. The molecule has 1 aliphatic heterocycles. The summed E-state index contributed by atoms with van der Waals surface area (Å²) >= 11 is 0. The number of aryl methyl sites for hydroxylation is 2. The van der Waals surface area contributed by atoms with E-state index < -0.39 is 0 Å². The molecule has 11 nitrogen and oxygen atoms in total. The third-order valence-corrected chi connectivity index (χ3v) is 8.57. The molecular weight excluding hydrogens is 604 g/mol. The highest BCUT2D eigenvalue weighted by atomic mass is 16.5. The molecular formula is C37H42N8O3. The van der Waals surface area contributed by atoms with E-state index in [1.54, 1.807) is 27.9 Å². The molecule has 3 N–H and O–H groups in total. The van der Waals surface area contributed by atoms with Crippen LogP contribution in [0.2, 0.25) is 0 Å². The van der Waals surface area contributed by atoms with Crippen molar-refractivity contribution < 1.29 is 14.3 Å².